The average Bonchev–Trinajstić information content (AvgIpc) is 3.57. The van der Waals surface area contributed by atoms with Crippen molar-refractivity contribution in [3.63, 3.8) is 0 Å². The van der Waals surface area contributed by atoms with E-state index in [0.717, 1.165) is 66.1 Å². The summed E-state index contributed by atoms with van der Waals surface area (Å²) >= 11 is 0. The molecule has 8 aromatic rings. The quantitative estimate of drug-likeness (QED) is 0.208. The fourth-order valence-electron chi connectivity index (χ4n) is 6.38. The normalized spacial score (nSPS) is 11.3. The van der Waals surface area contributed by atoms with Crippen LogP contribution in [0.1, 0.15) is 5.56 Å². The lowest BCUT2D eigenvalue weighted by molar-refractivity contribution is 1.18. The second kappa shape index (κ2) is 9.24. The number of hydrogen-bond acceptors (Lipinski definition) is 1. The summed E-state index contributed by atoms with van der Waals surface area (Å²) in [6, 6.07) is 47.9. The summed E-state index contributed by atoms with van der Waals surface area (Å²) in [4.78, 5) is 3.87. The molecule has 4 heteroatoms. The van der Waals surface area contributed by atoms with Crippen LogP contribution in [0.3, 0.4) is 0 Å². The van der Waals surface area contributed by atoms with E-state index in [1.165, 1.54) is 0 Å². The molecule has 0 saturated heterocycles. The van der Waals surface area contributed by atoms with E-state index in [2.05, 4.69) is 105 Å². The van der Waals surface area contributed by atoms with Gasteiger partial charge in [-0.1, -0.05) is 84.9 Å². The summed E-state index contributed by atoms with van der Waals surface area (Å²) in [5, 5.41) is 14.0. The smallest absolute Gasteiger partial charge is 0.210 e. The molecule has 42 heavy (non-hydrogen) atoms. The van der Waals surface area contributed by atoms with Gasteiger partial charge in [0.25, 0.3) is 0 Å². The molecule has 4 nitrogen and oxygen atoms in total. The molecule has 6 aromatic carbocycles. The Labute approximate surface area is 242 Å². The van der Waals surface area contributed by atoms with Gasteiger partial charge < -0.3 is 9.13 Å². The number of nitrogens with zero attached hydrogens (tertiary/aromatic N) is 4. The number of para-hydroxylation sites is 5. The van der Waals surface area contributed by atoms with Gasteiger partial charge in [0, 0.05) is 32.8 Å². The van der Waals surface area contributed by atoms with Gasteiger partial charge in [0.05, 0.1) is 46.0 Å². The van der Waals surface area contributed by atoms with E-state index < -0.39 is 0 Å². The molecule has 0 spiro atoms. The minimum Gasteiger partial charge on any atom is -0.318 e. The van der Waals surface area contributed by atoms with Crippen LogP contribution in [0.2, 0.25) is 0 Å². The third-order valence-corrected chi connectivity index (χ3v) is 8.15. The molecule has 8 rings (SSSR count). The first kappa shape index (κ1) is 23.8. The molecule has 0 saturated carbocycles. The third-order valence-electron chi connectivity index (χ3n) is 8.15. The van der Waals surface area contributed by atoms with Gasteiger partial charge >= 0.3 is 0 Å². The minimum atomic E-state index is 0.616. The van der Waals surface area contributed by atoms with E-state index in [9.17, 15) is 5.26 Å². The van der Waals surface area contributed by atoms with Crippen molar-refractivity contribution < 1.29 is 0 Å². The predicted molar refractivity (Wildman–Crippen MR) is 172 cm³/mol. The van der Waals surface area contributed by atoms with Crippen molar-refractivity contribution in [2.45, 2.75) is 0 Å². The molecule has 2 heterocycles. The van der Waals surface area contributed by atoms with Crippen LogP contribution in [0.15, 0.2) is 133 Å². The maximum Gasteiger partial charge on any atom is 0.210 e. The molecular formula is C38H22N4. The van der Waals surface area contributed by atoms with Crippen molar-refractivity contribution in [2.75, 3.05) is 0 Å². The zero-order valence-electron chi connectivity index (χ0n) is 22.5. The largest absolute Gasteiger partial charge is 0.318 e. The Morgan fingerprint density at radius 1 is 0.571 bits per heavy atom. The summed E-state index contributed by atoms with van der Waals surface area (Å²) in [6.07, 6.45) is 0. The van der Waals surface area contributed by atoms with Gasteiger partial charge in [-0.05, 0) is 54.1 Å². The molecule has 0 radical (unpaired) electrons. The van der Waals surface area contributed by atoms with Crippen LogP contribution < -0.4 is 0 Å². The maximum absolute atomic E-state index is 9.56. The summed E-state index contributed by atoms with van der Waals surface area (Å²) in [5.74, 6) is 0. The van der Waals surface area contributed by atoms with E-state index in [1.807, 2.05) is 48.5 Å². The zero-order valence-corrected chi connectivity index (χ0v) is 22.5. The van der Waals surface area contributed by atoms with Crippen LogP contribution in [0, 0.1) is 17.9 Å². The van der Waals surface area contributed by atoms with Crippen molar-refractivity contribution in [1.29, 1.82) is 5.26 Å². The second-order valence-corrected chi connectivity index (χ2v) is 10.4. The van der Waals surface area contributed by atoms with Crippen LogP contribution in [-0.2, 0) is 0 Å². The van der Waals surface area contributed by atoms with Gasteiger partial charge in [0.2, 0.25) is 5.69 Å². The van der Waals surface area contributed by atoms with Gasteiger partial charge in [-0.15, -0.1) is 0 Å². The summed E-state index contributed by atoms with van der Waals surface area (Å²) < 4.78 is 4.52. The fourth-order valence-corrected chi connectivity index (χ4v) is 6.38. The third kappa shape index (κ3) is 3.40. The molecule has 194 valence electrons. The van der Waals surface area contributed by atoms with Crippen molar-refractivity contribution >= 4 is 49.3 Å². The highest BCUT2D eigenvalue weighted by Crippen LogP contribution is 2.41. The molecule has 2 aromatic heterocycles. The molecule has 0 aliphatic heterocycles. The predicted octanol–water partition coefficient (Wildman–Crippen LogP) is 9.97. The number of fused-ring (bicyclic) bond motifs is 6. The highest BCUT2D eigenvalue weighted by atomic mass is 15.0. The lowest BCUT2D eigenvalue weighted by atomic mass is 10.0. The first-order valence-electron chi connectivity index (χ1n) is 13.8. The SMILES string of the molecule is [C-]#[N+]c1ccccc1-n1c2ccccc2c2cccc(-c3cccc(-n4c5ccccc5c5cc(C#N)ccc54)c3)c21. The monoisotopic (exact) mass is 534 g/mol. The van der Waals surface area contributed by atoms with E-state index in [-0.39, 0.29) is 0 Å². The summed E-state index contributed by atoms with van der Waals surface area (Å²) in [7, 11) is 0. The lowest BCUT2D eigenvalue weighted by Crippen LogP contribution is -1.97. The minimum absolute atomic E-state index is 0.616. The number of hydrogen-bond donors (Lipinski definition) is 0. The number of benzene rings is 6. The topological polar surface area (TPSA) is 38.0 Å². The van der Waals surface area contributed by atoms with Crippen molar-refractivity contribution in [2.24, 2.45) is 0 Å². The Morgan fingerprint density at radius 3 is 2.05 bits per heavy atom. The Bertz CT molecular complexity index is 2440. The summed E-state index contributed by atoms with van der Waals surface area (Å²) in [5.41, 5.74) is 9.67. The molecule has 0 fully saturated rings. The molecular weight excluding hydrogens is 512 g/mol. The van der Waals surface area contributed by atoms with Crippen LogP contribution >= 0.6 is 0 Å². The van der Waals surface area contributed by atoms with Gasteiger partial charge in [-0.3, -0.25) is 0 Å². The molecule has 0 atom stereocenters. The number of nitriles is 1. The molecule has 0 aliphatic rings. The fraction of sp³-hybridized carbons (Fsp3) is 0. The zero-order chi connectivity index (χ0) is 28.2. The number of aromatic nitrogens is 2. The highest BCUT2D eigenvalue weighted by Gasteiger charge is 2.19. The standard InChI is InChI=1S/C38H22N4/c1-40-33-16-4-7-19-37(33)42-35-18-6-2-12-29(35)31-15-9-14-28(38(31)42)26-10-8-11-27(23-26)41-34-17-5-3-13-30(34)32-22-25(24-39)20-21-36(32)41/h2-23H. The average molecular weight is 535 g/mol. The Morgan fingerprint density at radius 2 is 1.24 bits per heavy atom. The molecule has 0 aliphatic carbocycles. The second-order valence-electron chi connectivity index (χ2n) is 10.4. The highest BCUT2D eigenvalue weighted by molar-refractivity contribution is 6.14. The Hall–Kier alpha value is -6.10. The Balaban J connectivity index is 1.43. The van der Waals surface area contributed by atoms with E-state index >= 15 is 0 Å². The van der Waals surface area contributed by atoms with Crippen molar-refractivity contribution in [3.8, 4) is 28.6 Å². The van der Waals surface area contributed by atoms with Gasteiger partial charge in [-0.25, -0.2) is 4.85 Å². The van der Waals surface area contributed by atoms with Gasteiger partial charge in [0.1, 0.15) is 0 Å². The van der Waals surface area contributed by atoms with Crippen LogP contribution in [-0.4, -0.2) is 9.13 Å². The van der Waals surface area contributed by atoms with Crippen LogP contribution in [0.4, 0.5) is 5.69 Å². The first-order chi connectivity index (χ1) is 20.8. The first-order valence-corrected chi connectivity index (χ1v) is 13.8. The molecule has 0 bridgehead atoms. The van der Waals surface area contributed by atoms with Crippen LogP contribution in [0.25, 0.3) is 71.0 Å². The van der Waals surface area contributed by atoms with Gasteiger partial charge in [-0.2, -0.15) is 5.26 Å². The van der Waals surface area contributed by atoms with E-state index in [1.54, 1.807) is 0 Å². The molecule has 0 unspecified atom stereocenters. The number of rotatable bonds is 3. The Kier molecular flexibility index (Phi) is 5.22. The van der Waals surface area contributed by atoms with E-state index in [4.69, 9.17) is 6.57 Å². The van der Waals surface area contributed by atoms with Crippen LogP contribution in [0.5, 0.6) is 0 Å². The maximum atomic E-state index is 9.56. The summed E-state index contributed by atoms with van der Waals surface area (Å²) in [6.45, 7) is 7.88. The van der Waals surface area contributed by atoms with E-state index in [0.29, 0.717) is 11.3 Å². The molecule has 0 amide bonds. The van der Waals surface area contributed by atoms with Crippen molar-refractivity contribution in [1.82, 2.24) is 9.13 Å². The lowest BCUT2D eigenvalue weighted by Gasteiger charge is -2.14. The van der Waals surface area contributed by atoms with Gasteiger partial charge in [0.15, 0.2) is 0 Å². The molecule has 0 N–H and O–H groups in total. The van der Waals surface area contributed by atoms with Crippen molar-refractivity contribution in [3.05, 3.63) is 150 Å².